The zero-order valence-electron chi connectivity index (χ0n) is 28.7. The number of benzene rings is 4. The van der Waals surface area contributed by atoms with E-state index in [1.54, 1.807) is 17.0 Å². The van der Waals surface area contributed by atoms with Gasteiger partial charge in [0.25, 0.3) is 0 Å². The van der Waals surface area contributed by atoms with Gasteiger partial charge in [-0.1, -0.05) is 96.6 Å². The van der Waals surface area contributed by atoms with Gasteiger partial charge in [-0.05, 0) is 61.6 Å². The number of hydrogen-bond acceptors (Lipinski definition) is 6. The zero-order valence-corrected chi connectivity index (χ0v) is 28.7. The minimum absolute atomic E-state index is 0.0814. The van der Waals surface area contributed by atoms with Gasteiger partial charge in [0.2, 0.25) is 23.6 Å². The fourth-order valence-corrected chi connectivity index (χ4v) is 10.2. The minimum atomic E-state index is -1.21. The number of fused-ring (bicyclic) bond motifs is 5. The maximum absolute atomic E-state index is 14.7. The number of amides is 4. The molecule has 8 heteroatoms. The molecule has 2 aliphatic carbocycles. The van der Waals surface area contributed by atoms with E-state index in [2.05, 4.69) is 23.1 Å². The van der Waals surface area contributed by atoms with Crippen molar-refractivity contribution in [1.82, 2.24) is 9.80 Å². The molecular formula is C43H41N3O5. The highest BCUT2D eigenvalue weighted by atomic mass is 16.3. The average Bonchev–Trinajstić information content (AvgIpc) is 3.52. The number of para-hydroxylation sites is 1. The summed E-state index contributed by atoms with van der Waals surface area (Å²) in [5, 5.41) is 13.4. The molecule has 51 heavy (non-hydrogen) atoms. The van der Waals surface area contributed by atoms with Crippen molar-refractivity contribution in [2.45, 2.75) is 51.1 Å². The number of hydrogen-bond donors (Lipinski definition) is 1. The number of rotatable bonds is 5. The lowest BCUT2D eigenvalue weighted by Crippen LogP contribution is -2.49. The molecule has 3 heterocycles. The normalized spacial score (nSPS) is 29.7. The van der Waals surface area contributed by atoms with Crippen LogP contribution in [0.3, 0.4) is 0 Å². The average molecular weight is 680 g/mol. The number of carbonyl (C=O) groups is 4. The molecule has 4 aromatic rings. The lowest BCUT2D eigenvalue weighted by Gasteiger charge is -2.49. The van der Waals surface area contributed by atoms with Gasteiger partial charge in [-0.25, -0.2) is 4.90 Å². The smallest absolute Gasteiger partial charge is 0.241 e. The van der Waals surface area contributed by atoms with Crippen LogP contribution in [0.1, 0.15) is 49.7 Å². The van der Waals surface area contributed by atoms with E-state index in [0.717, 1.165) is 43.4 Å². The first-order valence-electron chi connectivity index (χ1n) is 18.2. The van der Waals surface area contributed by atoms with Gasteiger partial charge in [0.15, 0.2) is 0 Å². The van der Waals surface area contributed by atoms with E-state index in [0.29, 0.717) is 29.5 Å². The summed E-state index contributed by atoms with van der Waals surface area (Å²) in [6.07, 6.45) is 4.20. The lowest BCUT2D eigenvalue weighted by molar-refractivity contribution is -0.144. The summed E-state index contributed by atoms with van der Waals surface area (Å²) < 4.78 is 0. The molecule has 0 unspecified atom stereocenters. The second kappa shape index (κ2) is 12.0. The summed E-state index contributed by atoms with van der Waals surface area (Å²) in [4.78, 5) is 63.2. The second-order valence-corrected chi connectivity index (χ2v) is 15.3. The first-order chi connectivity index (χ1) is 24.8. The van der Waals surface area contributed by atoms with Gasteiger partial charge in [-0.2, -0.15) is 0 Å². The highest BCUT2D eigenvalue weighted by Gasteiger charge is 2.68. The molecule has 5 aliphatic rings. The number of allylic oxidation sites excluding steroid dienone is 2. The second-order valence-electron chi connectivity index (χ2n) is 15.3. The van der Waals surface area contributed by atoms with Gasteiger partial charge in [0.05, 0.1) is 28.9 Å². The van der Waals surface area contributed by atoms with Crippen LogP contribution in [-0.2, 0) is 25.7 Å². The largest absolute Gasteiger partial charge is 0.507 e. The predicted octanol–water partition coefficient (Wildman–Crippen LogP) is 6.44. The van der Waals surface area contributed by atoms with E-state index < -0.39 is 35.0 Å². The van der Waals surface area contributed by atoms with Crippen molar-refractivity contribution in [3.05, 3.63) is 120 Å². The molecule has 0 aromatic heterocycles. The number of anilines is 1. The number of likely N-dealkylation sites (tertiary alicyclic amines) is 2. The first-order valence-corrected chi connectivity index (χ1v) is 18.2. The molecule has 3 aliphatic heterocycles. The monoisotopic (exact) mass is 679 g/mol. The van der Waals surface area contributed by atoms with Crippen LogP contribution < -0.4 is 4.90 Å². The SMILES string of the molecule is C[C@@]12C(=O)N(c3ccccc3)C(=O)[C@@H]1C[C@@H]1C(=CC[C@@H]3C(=O)N(C4CCN(Cc5ccccc5)CC4)C(=O)[C@@H]31)[C@@H]2c1ccc2ccccc2c1O. The van der Waals surface area contributed by atoms with E-state index in [4.69, 9.17) is 0 Å². The maximum atomic E-state index is 14.7. The van der Waals surface area contributed by atoms with Crippen molar-refractivity contribution in [2.75, 3.05) is 18.0 Å². The molecule has 1 saturated carbocycles. The van der Waals surface area contributed by atoms with Crippen LogP contribution in [0.25, 0.3) is 10.8 Å². The molecule has 4 amide bonds. The Morgan fingerprint density at radius 2 is 1.45 bits per heavy atom. The Labute approximate surface area is 297 Å². The highest BCUT2D eigenvalue weighted by Crippen LogP contribution is 2.64. The van der Waals surface area contributed by atoms with E-state index in [-0.39, 0.29) is 35.4 Å². The number of aromatic hydroxyl groups is 1. The van der Waals surface area contributed by atoms with E-state index in [9.17, 15) is 24.3 Å². The third kappa shape index (κ3) is 4.75. The van der Waals surface area contributed by atoms with Crippen LogP contribution in [0, 0.1) is 29.1 Å². The minimum Gasteiger partial charge on any atom is -0.507 e. The zero-order chi connectivity index (χ0) is 35.0. The van der Waals surface area contributed by atoms with Crippen molar-refractivity contribution in [2.24, 2.45) is 29.1 Å². The van der Waals surface area contributed by atoms with Crippen molar-refractivity contribution >= 4 is 40.1 Å². The molecule has 8 nitrogen and oxygen atoms in total. The van der Waals surface area contributed by atoms with Gasteiger partial charge in [-0.3, -0.25) is 29.0 Å². The van der Waals surface area contributed by atoms with Gasteiger partial charge in [0, 0.05) is 42.5 Å². The Kier molecular flexibility index (Phi) is 7.51. The molecular weight excluding hydrogens is 638 g/mol. The maximum Gasteiger partial charge on any atom is 0.241 e. The first kappa shape index (κ1) is 31.9. The quantitative estimate of drug-likeness (QED) is 0.193. The Hall–Kier alpha value is -5.08. The number of phenols is 1. The molecule has 6 atom stereocenters. The van der Waals surface area contributed by atoms with Crippen molar-refractivity contribution in [3.63, 3.8) is 0 Å². The number of phenolic OH excluding ortho intramolecular Hbond substituents is 1. The Morgan fingerprint density at radius 3 is 2.20 bits per heavy atom. The van der Waals surface area contributed by atoms with E-state index >= 15 is 0 Å². The number of nitrogens with zero attached hydrogens (tertiary/aromatic N) is 3. The topological polar surface area (TPSA) is 98.2 Å². The lowest BCUT2D eigenvalue weighted by atomic mass is 9.51. The summed E-state index contributed by atoms with van der Waals surface area (Å²) in [7, 11) is 0. The highest BCUT2D eigenvalue weighted by molar-refractivity contribution is 6.24. The van der Waals surface area contributed by atoms with E-state index in [1.807, 2.05) is 79.7 Å². The van der Waals surface area contributed by atoms with E-state index in [1.165, 1.54) is 10.5 Å². The summed E-state index contributed by atoms with van der Waals surface area (Å²) in [5.74, 6) is -3.69. The molecule has 258 valence electrons. The number of imide groups is 2. The molecule has 0 spiro atoms. The third-order valence-electron chi connectivity index (χ3n) is 12.7. The third-order valence-corrected chi connectivity index (χ3v) is 12.7. The fraction of sp³-hybridized carbons (Fsp3) is 0.349. The molecule has 4 aromatic carbocycles. The molecule has 0 bridgehead atoms. The predicted molar refractivity (Wildman–Crippen MR) is 193 cm³/mol. The molecule has 4 fully saturated rings. The molecule has 9 rings (SSSR count). The van der Waals surface area contributed by atoms with Crippen molar-refractivity contribution in [1.29, 1.82) is 0 Å². The van der Waals surface area contributed by atoms with Crippen LogP contribution in [0.5, 0.6) is 5.75 Å². The molecule has 0 radical (unpaired) electrons. The Bertz CT molecular complexity index is 2110. The summed E-state index contributed by atoms with van der Waals surface area (Å²) >= 11 is 0. The Morgan fingerprint density at radius 1 is 0.765 bits per heavy atom. The van der Waals surface area contributed by atoms with Crippen LogP contribution in [0.15, 0.2) is 109 Å². The van der Waals surface area contributed by atoms with Crippen LogP contribution in [0.2, 0.25) is 0 Å². The number of piperidine rings is 1. The van der Waals surface area contributed by atoms with Gasteiger partial charge >= 0.3 is 0 Å². The van der Waals surface area contributed by atoms with Crippen LogP contribution >= 0.6 is 0 Å². The Balaban J connectivity index is 1.08. The standard InChI is InChI=1S/C43H41N3O5/c1-43-35(40(49)46(42(43)51)28-13-6-3-7-14-28)24-34-31(37(43)33-17-16-27-12-8-9-15-30(27)38(33)47)18-19-32-36(34)41(50)45(39(32)48)29-20-22-44(23-21-29)25-26-10-4-2-5-11-26/h2-18,29,32,34-37,47H,19-25H2,1H3/t32-,34+,35-,36-,37+,43+/m0/s1. The van der Waals surface area contributed by atoms with Crippen LogP contribution in [0.4, 0.5) is 5.69 Å². The molecule has 1 N–H and O–H groups in total. The molecule has 3 saturated heterocycles. The van der Waals surface area contributed by atoms with Gasteiger partial charge < -0.3 is 5.11 Å². The fourth-order valence-electron chi connectivity index (χ4n) is 10.2. The number of carbonyl (C=O) groups excluding carboxylic acids is 4. The summed E-state index contributed by atoms with van der Waals surface area (Å²) in [6, 6.07) is 30.6. The summed E-state index contributed by atoms with van der Waals surface area (Å²) in [6.45, 7) is 4.30. The summed E-state index contributed by atoms with van der Waals surface area (Å²) in [5.41, 5.74) is 2.01. The van der Waals surface area contributed by atoms with Crippen LogP contribution in [-0.4, -0.2) is 57.7 Å². The van der Waals surface area contributed by atoms with Crippen molar-refractivity contribution < 1.29 is 24.3 Å². The van der Waals surface area contributed by atoms with Crippen molar-refractivity contribution in [3.8, 4) is 5.75 Å². The van der Waals surface area contributed by atoms with Gasteiger partial charge in [0.1, 0.15) is 5.75 Å². The van der Waals surface area contributed by atoms with Gasteiger partial charge in [-0.15, -0.1) is 0 Å².